The monoisotopic (exact) mass is 971 g/mol. The second-order valence-electron chi connectivity index (χ2n) is 26.5. The number of rotatable bonds is 6. The number of hydrogen-bond acceptors (Lipinski definition) is 6. The van der Waals surface area contributed by atoms with Crippen molar-refractivity contribution >= 4 is 297 Å². The first kappa shape index (κ1) is 31.2. The van der Waals surface area contributed by atoms with E-state index in [2.05, 4.69) is 6.07 Å². The van der Waals surface area contributed by atoms with Crippen LogP contribution in [0.2, 0.25) is 0 Å². The minimum absolute atomic E-state index is 0.0499. The smallest absolute Gasteiger partial charge is 0.311 e. The van der Waals surface area contributed by atoms with Gasteiger partial charge >= 0.3 is 5.97 Å². The molecule has 2 atom stereocenters. The maximum atomic E-state index is 16.3. The average Bonchev–Trinajstić information content (AvgIpc) is 1.64. The number of nitriles is 1. The minimum atomic E-state index is -1.51. The predicted molar refractivity (Wildman–Crippen MR) is 315 cm³/mol. The van der Waals surface area contributed by atoms with Crippen LogP contribution < -0.4 is 14.2 Å². The maximum absolute atomic E-state index is 16.3. The van der Waals surface area contributed by atoms with Gasteiger partial charge in [0.05, 0.1) is 33.8 Å². The summed E-state index contributed by atoms with van der Waals surface area (Å²) < 4.78 is 25.7. The number of carbonyl (C=O) groups excluding carboxylic acids is 1. The van der Waals surface area contributed by atoms with Crippen LogP contribution in [0.25, 0.3) is 291 Å². The van der Waals surface area contributed by atoms with Crippen molar-refractivity contribution < 1.29 is 23.7 Å². The molecule has 0 spiro atoms. The topological polar surface area (TPSA) is 77.8 Å². The van der Waals surface area contributed by atoms with E-state index >= 15 is 4.79 Å². The van der Waals surface area contributed by atoms with Gasteiger partial charge in [-0.15, -0.1) is 0 Å². The van der Waals surface area contributed by atoms with Crippen molar-refractivity contribution in [3.05, 3.63) is 39.9 Å². The third-order valence-corrected chi connectivity index (χ3v) is 25.7. The molecule has 78 heavy (non-hydrogen) atoms. The summed E-state index contributed by atoms with van der Waals surface area (Å²) in [6, 6.07) is 7.17. The average molecular weight is 972 g/mol. The molecule has 0 heterocycles. The van der Waals surface area contributed by atoms with Gasteiger partial charge in [-0.3, -0.25) is 4.79 Å². The van der Waals surface area contributed by atoms with Gasteiger partial charge in [0.15, 0.2) is 22.5 Å². The first-order valence-corrected chi connectivity index (χ1v) is 27.8. The number of carbonyl (C=O) groups is 1. The highest BCUT2D eigenvalue weighted by molar-refractivity contribution is 6.82. The minimum Gasteiger partial charge on any atom is -0.493 e. The van der Waals surface area contributed by atoms with E-state index in [1.807, 2.05) is 12.1 Å². The van der Waals surface area contributed by atoms with Gasteiger partial charge in [-0.05, 0) is 320 Å². The Kier molecular flexibility index (Phi) is 2.95. The number of esters is 1. The zero-order valence-corrected chi connectivity index (χ0v) is 40.4. The molecule has 0 aromatic heterocycles. The van der Waals surface area contributed by atoms with Crippen LogP contribution in [-0.2, 0) is 27.0 Å². The van der Waals surface area contributed by atoms with Gasteiger partial charge in [-0.25, -0.2) is 0 Å². The van der Waals surface area contributed by atoms with E-state index in [4.69, 9.17) is 18.9 Å². The largest absolute Gasteiger partial charge is 0.493 e. The van der Waals surface area contributed by atoms with Gasteiger partial charge in [0.1, 0.15) is 0 Å². The van der Waals surface area contributed by atoms with Crippen molar-refractivity contribution in [1.82, 2.24) is 0 Å². The molecule has 0 bridgehead atoms. The van der Waals surface area contributed by atoms with Crippen LogP contribution in [0.3, 0.4) is 0 Å². The molecule has 336 valence electrons. The van der Waals surface area contributed by atoms with Gasteiger partial charge in [0.2, 0.25) is 5.75 Å². The predicted octanol–water partition coefficient (Wildman–Crippen LogP) is 17.6. The lowest BCUT2D eigenvalue weighted by atomic mass is 9.56. The molecule has 0 amide bonds. The van der Waals surface area contributed by atoms with E-state index < -0.39 is 11.0 Å². The lowest BCUT2D eigenvalue weighted by Crippen LogP contribution is -2.52. The fourth-order valence-corrected chi connectivity index (χ4v) is 25.2. The van der Waals surface area contributed by atoms with E-state index in [1.54, 1.807) is 42.9 Å². The van der Waals surface area contributed by atoms with E-state index in [-0.39, 0.29) is 12.4 Å². The second kappa shape index (κ2) is 7.38. The first-order valence-electron chi connectivity index (χ1n) is 27.8. The van der Waals surface area contributed by atoms with Crippen molar-refractivity contribution in [1.29, 1.82) is 5.26 Å². The number of methoxy groups -OCH3 is 3. The lowest BCUT2D eigenvalue weighted by Gasteiger charge is -2.47. The molecule has 6 nitrogen and oxygen atoms in total. The highest BCUT2D eigenvalue weighted by Crippen LogP contribution is 2.84. The molecular formula is C72H13NO5. The summed E-state index contributed by atoms with van der Waals surface area (Å²) in [5.74, 6) is 1.09. The Morgan fingerprint density at radius 1 is 0.333 bits per heavy atom. The fourth-order valence-electron chi connectivity index (χ4n) is 25.2. The number of nitrogens with zero attached hydrogens (tertiary/aromatic N) is 1. The maximum Gasteiger partial charge on any atom is 0.311 e. The Morgan fingerprint density at radius 2 is 0.551 bits per heavy atom. The molecule has 0 aliphatic heterocycles. The van der Waals surface area contributed by atoms with Crippen LogP contribution in [0.15, 0.2) is 12.1 Å². The van der Waals surface area contributed by atoms with Crippen molar-refractivity contribution in [3.63, 3.8) is 0 Å². The molecular weight excluding hydrogens is 959 g/mol. The zero-order valence-electron chi connectivity index (χ0n) is 40.4. The van der Waals surface area contributed by atoms with E-state index in [1.165, 1.54) is 269 Å². The molecule has 33 rings (SSSR count). The van der Waals surface area contributed by atoms with Crippen molar-refractivity contribution in [3.8, 4) is 23.3 Å². The molecule has 29 aromatic rings. The summed E-state index contributed by atoms with van der Waals surface area (Å²) in [7, 11) is 4.85. The van der Waals surface area contributed by atoms with Crippen LogP contribution in [0, 0.1) is 11.3 Å². The summed E-state index contributed by atoms with van der Waals surface area (Å²) in [5, 5.41) is 91.2. The Labute approximate surface area is 425 Å². The third kappa shape index (κ3) is 1.77. The van der Waals surface area contributed by atoms with Crippen LogP contribution in [0.5, 0.6) is 17.2 Å². The molecule has 2 unspecified atom stereocenters. The molecule has 0 radical (unpaired) electrons. The normalized spacial score (nSPS) is 20.4. The highest BCUT2D eigenvalue weighted by atomic mass is 16.6. The summed E-state index contributed by atoms with van der Waals surface area (Å²) in [4.78, 5) is 16.3. The van der Waals surface area contributed by atoms with Crippen LogP contribution in [-0.4, -0.2) is 27.3 Å². The molecule has 29 aromatic carbocycles. The molecule has 4 aliphatic carbocycles. The molecule has 6 heteroatoms. The third-order valence-electron chi connectivity index (χ3n) is 25.7. The summed E-state index contributed by atoms with van der Waals surface area (Å²) in [5.41, 5.74) is 2.23. The molecule has 0 saturated carbocycles. The standard InChI is InChI=1S/C72H13NO5/c1-75-9-4-8(5-10(76-2)70(9)77-3)6-11(74)78-72-68-61-53-41-33-24-15-13-12-14-18(15)27-34-32-23(14)25-21-16(12)19-20-17(13)22-26(24)39(41)47-45-31(22)29(20)37-36-28(19)30(21)44-46-38(25)40(32)52-54-42(34)43(35(27)33)55(53)64(68)63(54)66-59(52)57(46)60-50(44)48(36)56-49(37)51(45)62(58(47)61)69(72)65(56)67(60)71(66,72)7-73/h4-5H,6H2,1-3H3. The van der Waals surface area contributed by atoms with Gasteiger partial charge in [0.25, 0.3) is 0 Å². The van der Waals surface area contributed by atoms with Crippen LogP contribution in [0.4, 0.5) is 0 Å². The van der Waals surface area contributed by atoms with Gasteiger partial charge in [-0.2, -0.15) is 5.26 Å². The van der Waals surface area contributed by atoms with Crippen molar-refractivity contribution in [2.75, 3.05) is 21.3 Å². The van der Waals surface area contributed by atoms with Crippen LogP contribution in [0.1, 0.15) is 27.8 Å². The van der Waals surface area contributed by atoms with Gasteiger partial charge in [-0.1, -0.05) is 0 Å². The van der Waals surface area contributed by atoms with Crippen LogP contribution >= 0.6 is 0 Å². The lowest BCUT2D eigenvalue weighted by molar-refractivity contribution is -0.158. The highest BCUT2D eigenvalue weighted by Gasteiger charge is 2.73. The number of hydrogen-bond donors (Lipinski definition) is 0. The number of ether oxygens (including phenoxy) is 4. The Bertz CT molecular complexity index is 7880. The van der Waals surface area contributed by atoms with Gasteiger partial charge in [0, 0.05) is 11.1 Å². The number of benzene rings is 18. The summed E-state index contributed by atoms with van der Waals surface area (Å²) in [6.07, 6.45) is -0.0499. The molecule has 4 aliphatic rings. The quantitative estimate of drug-likeness (QED) is 0.122. The Hall–Kier alpha value is -9.96. The van der Waals surface area contributed by atoms with Gasteiger partial charge < -0.3 is 18.9 Å². The summed E-state index contributed by atoms with van der Waals surface area (Å²) >= 11 is 0. The molecule has 0 saturated heterocycles. The Morgan fingerprint density at radius 3 is 0.833 bits per heavy atom. The van der Waals surface area contributed by atoms with Crippen molar-refractivity contribution in [2.45, 2.75) is 17.4 Å². The van der Waals surface area contributed by atoms with E-state index in [0.29, 0.717) is 22.8 Å². The zero-order chi connectivity index (χ0) is 48.0. The van der Waals surface area contributed by atoms with E-state index in [0.717, 1.165) is 22.3 Å². The summed E-state index contributed by atoms with van der Waals surface area (Å²) in [6.45, 7) is 0. The second-order valence-corrected chi connectivity index (χ2v) is 26.5. The van der Waals surface area contributed by atoms with E-state index in [9.17, 15) is 5.26 Å². The fraction of sp³-hybridized carbons (Fsp3) is 0.0833. The molecule has 0 N–H and O–H groups in total. The SMILES string of the molecule is COc1cc(CC(=O)OC23c4c5c6c7c8c9c(c%10c%11c2c2c%12c4c4c%13c5c5c7c7c8c8c%14c9c%10c9c%10c%11c2c2c%11c%12c4c4c%12c%13c5c5c7c7c8c8c%14c9c9c%10c2c2c%11c4c4c%12c5c7c5c8c9c2c45)C63C#N)cc(OC)c1OC. The molecule has 0 fully saturated rings. The van der Waals surface area contributed by atoms with Crippen molar-refractivity contribution in [2.24, 2.45) is 0 Å². The first-order chi connectivity index (χ1) is 38.6. The Balaban J connectivity index is 1.02.